The number of benzene rings is 2. The van der Waals surface area contributed by atoms with E-state index in [2.05, 4.69) is 4.90 Å². The summed E-state index contributed by atoms with van der Waals surface area (Å²) in [5.74, 6) is 1.23. The van der Waals surface area contributed by atoms with Crippen molar-refractivity contribution in [2.45, 2.75) is 19.8 Å². The maximum Gasteiger partial charge on any atom is 0.223 e. The Morgan fingerprint density at radius 1 is 1.10 bits per heavy atom. The minimum Gasteiger partial charge on any atom is -0.369 e. The number of rotatable bonds is 7. The first-order chi connectivity index (χ1) is 18.9. The van der Waals surface area contributed by atoms with Gasteiger partial charge in [0.25, 0.3) is 0 Å². The van der Waals surface area contributed by atoms with Gasteiger partial charge in [0.1, 0.15) is 24.5 Å². The van der Waals surface area contributed by atoms with E-state index in [0.717, 1.165) is 22.5 Å². The van der Waals surface area contributed by atoms with Gasteiger partial charge in [-0.2, -0.15) is 9.61 Å². The van der Waals surface area contributed by atoms with Crippen molar-refractivity contribution in [1.29, 1.82) is 0 Å². The lowest BCUT2D eigenvalue weighted by atomic mass is 9.80. The van der Waals surface area contributed by atoms with Gasteiger partial charge < -0.3 is 20.1 Å². The molecule has 0 aliphatic carbocycles. The summed E-state index contributed by atoms with van der Waals surface area (Å²) in [6, 6.07) is 17.2. The number of carbonyl (C=O) groups excluding carboxylic acids is 1. The predicted octanol–water partition coefficient (Wildman–Crippen LogP) is 6.48. The summed E-state index contributed by atoms with van der Waals surface area (Å²) in [5, 5.41) is 6.30. The minimum absolute atomic E-state index is 0.279. The van der Waals surface area contributed by atoms with Crippen LogP contribution in [0.25, 0.3) is 28.0 Å². The van der Waals surface area contributed by atoms with E-state index in [1.807, 2.05) is 78.0 Å². The summed E-state index contributed by atoms with van der Waals surface area (Å²) in [5.41, 5.74) is 9.01. The van der Waals surface area contributed by atoms with E-state index < -0.39 is 12.6 Å². The predicted molar refractivity (Wildman–Crippen MR) is 165 cm³/mol. The molecule has 0 atom stereocenters. The number of nitrogens with two attached hydrogens (primary N) is 1. The van der Waals surface area contributed by atoms with Gasteiger partial charge >= 0.3 is 0 Å². The number of nitrogens with zero attached hydrogens (tertiary/aromatic N) is 5. The number of amides is 1. The van der Waals surface area contributed by atoms with Crippen molar-refractivity contribution in [2.75, 3.05) is 49.6 Å². The quantitative estimate of drug-likeness (QED) is 0.245. The van der Waals surface area contributed by atoms with E-state index >= 15 is 0 Å². The molecule has 210 valence electrons. The normalized spacial score (nSPS) is 15.4. The Labute approximate surface area is 244 Å². The number of carbonyl (C=O) groups is 1. The highest BCUT2D eigenvalue weighted by molar-refractivity contribution is 7.62. The molecule has 11 heteroatoms. The SMILES string of the molecule is CN(CP(C)(C)=O)c1cc(N2CCC(C)(C(N)=O)CC2)n2nc(-c3ccccc3Cl)c(-c3ccc(Cl)cc3)c2n1. The first kappa shape index (κ1) is 28.5. The number of fused-ring (bicyclic) bond motifs is 1. The van der Waals surface area contributed by atoms with Crippen LogP contribution in [0.1, 0.15) is 19.8 Å². The summed E-state index contributed by atoms with van der Waals surface area (Å²) in [7, 11) is -0.483. The number of aromatic nitrogens is 3. The Balaban J connectivity index is 1.77. The number of hydrogen-bond donors (Lipinski definition) is 1. The van der Waals surface area contributed by atoms with E-state index in [4.69, 9.17) is 39.0 Å². The highest BCUT2D eigenvalue weighted by atomic mass is 35.5. The zero-order chi connectivity index (χ0) is 28.8. The third-order valence-corrected chi connectivity index (χ3v) is 9.24. The number of primary amides is 1. The zero-order valence-corrected chi connectivity index (χ0v) is 25.5. The maximum absolute atomic E-state index is 12.8. The summed E-state index contributed by atoms with van der Waals surface area (Å²) in [6.45, 7) is 6.71. The number of halogens is 2. The molecule has 1 saturated heterocycles. The Bertz CT molecular complexity index is 1620. The molecular formula is C29H33Cl2N6O2P. The molecule has 1 aliphatic rings. The fourth-order valence-electron chi connectivity index (χ4n) is 5.19. The second-order valence-electron chi connectivity index (χ2n) is 11.2. The summed E-state index contributed by atoms with van der Waals surface area (Å²) >= 11 is 12.9. The molecule has 2 aromatic carbocycles. The van der Waals surface area contributed by atoms with Crippen LogP contribution < -0.4 is 15.5 Å². The molecule has 0 spiro atoms. The summed E-state index contributed by atoms with van der Waals surface area (Å²) in [4.78, 5) is 21.4. The molecule has 0 unspecified atom stereocenters. The average molecular weight is 600 g/mol. The molecule has 2 aromatic heterocycles. The molecule has 1 amide bonds. The Morgan fingerprint density at radius 3 is 2.35 bits per heavy atom. The van der Waals surface area contributed by atoms with Gasteiger partial charge in [0.05, 0.1) is 16.9 Å². The van der Waals surface area contributed by atoms with Crippen molar-refractivity contribution in [2.24, 2.45) is 11.1 Å². The van der Waals surface area contributed by atoms with E-state index in [1.165, 1.54) is 0 Å². The Hall–Kier alpha value is -3.06. The van der Waals surface area contributed by atoms with Crippen molar-refractivity contribution in [1.82, 2.24) is 14.6 Å². The fourth-order valence-corrected chi connectivity index (χ4v) is 6.71. The fraction of sp³-hybridized carbons (Fsp3) is 0.345. The highest BCUT2D eigenvalue weighted by Crippen LogP contribution is 2.42. The lowest BCUT2D eigenvalue weighted by Crippen LogP contribution is -2.46. The molecule has 0 bridgehead atoms. The van der Waals surface area contributed by atoms with Crippen molar-refractivity contribution in [3.63, 3.8) is 0 Å². The molecular weight excluding hydrogens is 566 g/mol. The van der Waals surface area contributed by atoms with Crippen LogP contribution >= 0.6 is 30.3 Å². The Morgan fingerprint density at radius 2 is 1.75 bits per heavy atom. The standard InChI is InChI=1S/C29H33Cl2N6O2P/c1-29(28(32)38)13-15-36(16-14-29)24-17-23(35(2)18-40(3,4)39)33-27-25(19-9-11-20(30)12-10-19)26(34-37(24)27)21-7-5-6-8-22(21)31/h5-12,17H,13-16,18H2,1-4H3,(H2,32,38). The average Bonchev–Trinajstić information content (AvgIpc) is 3.27. The van der Waals surface area contributed by atoms with Crippen LogP contribution in [0.3, 0.4) is 0 Å². The lowest BCUT2D eigenvalue weighted by Gasteiger charge is -2.38. The van der Waals surface area contributed by atoms with Crippen LogP contribution in [0.15, 0.2) is 54.6 Å². The van der Waals surface area contributed by atoms with Crippen LogP contribution in [0.5, 0.6) is 0 Å². The molecule has 5 rings (SSSR count). The third-order valence-electron chi connectivity index (χ3n) is 7.55. The van der Waals surface area contributed by atoms with Gasteiger partial charge in [-0.05, 0) is 49.9 Å². The third kappa shape index (κ3) is 5.58. The molecule has 8 nitrogen and oxygen atoms in total. The van der Waals surface area contributed by atoms with Gasteiger partial charge in [0.2, 0.25) is 5.91 Å². The molecule has 0 radical (unpaired) electrons. The highest BCUT2D eigenvalue weighted by Gasteiger charge is 2.36. The summed E-state index contributed by atoms with van der Waals surface area (Å²) in [6.07, 6.45) is 1.62. The maximum atomic E-state index is 12.8. The number of hydrogen-bond acceptors (Lipinski definition) is 6. The van der Waals surface area contributed by atoms with Crippen LogP contribution in [-0.4, -0.2) is 60.3 Å². The topological polar surface area (TPSA) is 96.8 Å². The smallest absolute Gasteiger partial charge is 0.223 e. The monoisotopic (exact) mass is 598 g/mol. The molecule has 1 aliphatic heterocycles. The van der Waals surface area contributed by atoms with E-state index in [1.54, 1.807) is 13.3 Å². The second kappa shape index (κ2) is 10.7. The minimum atomic E-state index is -2.38. The van der Waals surface area contributed by atoms with Gasteiger partial charge in [-0.3, -0.25) is 4.79 Å². The van der Waals surface area contributed by atoms with Crippen LogP contribution in [0.4, 0.5) is 11.6 Å². The molecule has 1 fully saturated rings. The molecule has 2 N–H and O–H groups in total. The molecule has 40 heavy (non-hydrogen) atoms. The van der Waals surface area contributed by atoms with Gasteiger partial charge in [-0.1, -0.05) is 60.5 Å². The first-order valence-electron chi connectivity index (χ1n) is 13.1. The lowest BCUT2D eigenvalue weighted by molar-refractivity contribution is -0.127. The first-order valence-corrected chi connectivity index (χ1v) is 16.7. The van der Waals surface area contributed by atoms with E-state index in [9.17, 15) is 9.36 Å². The van der Waals surface area contributed by atoms with Gasteiger partial charge in [-0.15, -0.1) is 0 Å². The van der Waals surface area contributed by atoms with Crippen molar-refractivity contribution in [3.05, 3.63) is 64.6 Å². The van der Waals surface area contributed by atoms with Crippen molar-refractivity contribution < 1.29 is 9.36 Å². The van der Waals surface area contributed by atoms with Gasteiger partial charge in [-0.25, -0.2) is 4.98 Å². The van der Waals surface area contributed by atoms with Crippen molar-refractivity contribution >= 4 is 53.5 Å². The van der Waals surface area contributed by atoms with Crippen LogP contribution in [-0.2, 0) is 9.36 Å². The molecule has 4 aromatic rings. The van der Waals surface area contributed by atoms with E-state index in [0.29, 0.717) is 59.4 Å². The van der Waals surface area contributed by atoms with Gasteiger partial charge in [0.15, 0.2) is 5.65 Å². The van der Waals surface area contributed by atoms with E-state index in [-0.39, 0.29) is 5.91 Å². The second-order valence-corrected chi connectivity index (χ2v) is 15.5. The summed E-state index contributed by atoms with van der Waals surface area (Å²) < 4.78 is 14.6. The Kier molecular flexibility index (Phi) is 7.64. The van der Waals surface area contributed by atoms with Crippen LogP contribution in [0.2, 0.25) is 10.0 Å². The molecule has 3 heterocycles. The molecule has 0 saturated carbocycles. The number of anilines is 2. The number of piperidine rings is 1. The van der Waals surface area contributed by atoms with Crippen LogP contribution in [0, 0.1) is 5.41 Å². The largest absolute Gasteiger partial charge is 0.369 e. The van der Waals surface area contributed by atoms with Crippen molar-refractivity contribution in [3.8, 4) is 22.4 Å². The van der Waals surface area contributed by atoms with Gasteiger partial charge in [0, 0.05) is 42.2 Å². The zero-order valence-electron chi connectivity index (χ0n) is 23.1.